The minimum Gasteiger partial charge on any atom is -0.481 e. The van der Waals surface area contributed by atoms with E-state index in [4.69, 9.17) is 0 Å². The van der Waals surface area contributed by atoms with Crippen molar-refractivity contribution in [3.8, 4) is 0 Å². The van der Waals surface area contributed by atoms with Crippen molar-refractivity contribution in [1.29, 1.82) is 0 Å². The molecular weight excluding hydrogens is 260 g/mol. The molecule has 7 heteroatoms. The fourth-order valence-corrected chi connectivity index (χ4v) is 2.53. The molecule has 1 aromatic rings. The van der Waals surface area contributed by atoms with Gasteiger partial charge >= 0.3 is 12.0 Å². The number of carbonyl (C=O) groups is 2. The summed E-state index contributed by atoms with van der Waals surface area (Å²) in [5, 5.41) is 16.1. The molecule has 0 unspecified atom stereocenters. The maximum Gasteiger partial charge on any atom is 0.323 e. The summed E-state index contributed by atoms with van der Waals surface area (Å²) in [6.45, 7) is 2.80. The van der Waals surface area contributed by atoms with Gasteiger partial charge in [-0.05, 0) is 19.3 Å². The first-order valence-corrected chi connectivity index (χ1v) is 6.76. The number of anilines is 1. The van der Waals surface area contributed by atoms with Crippen molar-refractivity contribution in [3.05, 3.63) is 12.3 Å². The molecule has 0 aromatic carbocycles. The van der Waals surface area contributed by atoms with Gasteiger partial charge in [0.05, 0.1) is 5.41 Å². The van der Waals surface area contributed by atoms with Gasteiger partial charge in [-0.15, -0.1) is 0 Å². The molecule has 0 saturated carbocycles. The van der Waals surface area contributed by atoms with Gasteiger partial charge in [-0.1, -0.05) is 6.92 Å². The molecule has 2 heterocycles. The highest BCUT2D eigenvalue weighted by Gasteiger charge is 2.40. The van der Waals surface area contributed by atoms with Crippen LogP contribution in [0.4, 0.5) is 10.6 Å². The van der Waals surface area contributed by atoms with Crippen LogP contribution in [0.3, 0.4) is 0 Å². The molecule has 0 atom stereocenters. The van der Waals surface area contributed by atoms with E-state index in [1.165, 1.54) is 0 Å². The highest BCUT2D eigenvalue weighted by molar-refractivity contribution is 5.88. The normalized spacial score (nSPS) is 17.8. The van der Waals surface area contributed by atoms with Crippen molar-refractivity contribution >= 4 is 17.8 Å². The predicted molar refractivity (Wildman–Crippen MR) is 73.4 cm³/mol. The van der Waals surface area contributed by atoms with Gasteiger partial charge in [0, 0.05) is 32.4 Å². The summed E-state index contributed by atoms with van der Waals surface area (Å²) in [6, 6.07) is 1.49. The maximum atomic E-state index is 12.1. The lowest BCUT2D eigenvalue weighted by Crippen LogP contribution is -2.47. The molecule has 1 aromatic heterocycles. The molecule has 1 saturated heterocycles. The van der Waals surface area contributed by atoms with E-state index in [0.717, 1.165) is 0 Å². The third-order valence-electron chi connectivity index (χ3n) is 4.09. The van der Waals surface area contributed by atoms with Crippen LogP contribution in [0.2, 0.25) is 0 Å². The van der Waals surface area contributed by atoms with Crippen LogP contribution in [0.25, 0.3) is 0 Å². The summed E-state index contributed by atoms with van der Waals surface area (Å²) in [5.41, 5.74) is -0.679. The second-order valence-electron chi connectivity index (χ2n) is 5.23. The molecule has 0 aliphatic carbocycles. The molecule has 0 radical (unpaired) electrons. The van der Waals surface area contributed by atoms with Crippen molar-refractivity contribution in [3.63, 3.8) is 0 Å². The standard InChI is InChI=1S/C13H20N4O3/c1-3-13(11(18)19)5-8-17(9-6-13)12(20)14-10-4-7-16(2)15-10/h4,7H,3,5-6,8-9H2,1-2H3,(H,18,19)(H,14,15,20). The molecule has 2 amide bonds. The van der Waals surface area contributed by atoms with Crippen LogP contribution in [0.15, 0.2) is 12.3 Å². The van der Waals surface area contributed by atoms with E-state index in [1.807, 2.05) is 6.92 Å². The highest BCUT2D eigenvalue weighted by atomic mass is 16.4. The number of aliphatic carboxylic acids is 1. The van der Waals surface area contributed by atoms with Gasteiger partial charge in [0.25, 0.3) is 0 Å². The summed E-state index contributed by atoms with van der Waals surface area (Å²) < 4.78 is 1.61. The second kappa shape index (κ2) is 5.52. The SMILES string of the molecule is CCC1(C(=O)O)CCN(C(=O)Nc2ccn(C)n2)CC1. The maximum absolute atomic E-state index is 12.1. The number of amides is 2. The Morgan fingerprint density at radius 2 is 2.10 bits per heavy atom. The summed E-state index contributed by atoms with van der Waals surface area (Å²) in [5.74, 6) is -0.257. The third kappa shape index (κ3) is 2.76. The van der Waals surface area contributed by atoms with Crippen LogP contribution in [-0.4, -0.2) is 44.9 Å². The fourth-order valence-electron chi connectivity index (χ4n) is 2.53. The molecule has 20 heavy (non-hydrogen) atoms. The second-order valence-corrected chi connectivity index (χ2v) is 5.23. The number of nitrogens with zero attached hydrogens (tertiary/aromatic N) is 3. The number of nitrogens with one attached hydrogen (secondary N) is 1. The number of aromatic nitrogens is 2. The van der Waals surface area contributed by atoms with Crippen molar-refractivity contribution < 1.29 is 14.7 Å². The predicted octanol–water partition coefficient (Wildman–Crippen LogP) is 1.53. The number of hydrogen-bond acceptors (Lipinski definition) is 3. The van der Waals surface area contributed by atoms with E-state index in [1.54, 1.807) is 28.9 Å². The Labute approximate surface area is 117 Å². The number of carbonyl (C=O) groups excluding carboxylic acids is 1. The Bertz CT molecular complexity index is 503. The van der Waals surface area contributed by atoms with Gasteiger partial charge in [-0.25, -0.2) is 4.79 Å². The van der Waals surface area contributed by atoms with E-state index >= 15 is 0 Å². The first-order valence-electron chi connectivity index (χ1n) is 6.76. The zero-order chi connectivity index (χ0) is 14.8. The van der Waals surface area contributed by atoms with Crippen LogP contribution in [0.1, 0.15) is 26.2 Å². The van der Waals surface area contributed by atoms with Crippen molar-refractivity contribution in [1.82, 2.24) is 14.7 Å². The number of aryl methyl sites for hydroxylation is 1. The van der Waals surface area contributed by atoms with Gasteiger partial charge in [-0.3, -0.25) is 14.8 Å². The molecule has 110 valence electrons. The average molecular weight is 280 g/mol. The van der Waals surface area contributed by atoms with E-state index in [2.05, 4.69) is 10.4 Å². The summed E-state index contributed by atoms with van der Waals surface area (Å²) in [6.07, 6.45) is 3.33. The summed E-state index contributed by atoms with van der Waals surface area (Å²) in [4.78, 5) is 25.1. The van der Waals surface area contributed by atoms with Crippen LogP contribution < -0.4 is 5.32 Å². The van der Waals surface area contributed by atoms with Crippen molar-refractivity contribution in [2.75, 3.05) is 18.4 Å². The van der Waals surface area contributed by atoms with Crippen LogP contribution in [0, 0.1) is 5.41 Å². The lowest BCUT2D eigenvalue weighted by molar-refractivity contribution is -0.151. The quantitative estimate of drug-likeness (QED) is 0.879. The highest BCUT2D eigenvalue weighted by Crippen LogP contribution is 2.35. The Balaban J connectivity index is 1.93. The van der Waals surface area contributed by atoms with E-state index in [9.17, 15) is 14.7 Å². The zero-order valence-electron chi connectivity index (χ0n) is 11.8. The van der Waals surface area contributed by atoms with Gasteiger partial charge in [0.1, 0.15) is 0 Å². The number of urea groups is 1. The molecule has 0 spiro atoms. The summed E-state index contributed by atoms with van der Waals surface area (Å²) >= 11 is 0. The van der Waals surface area contributed by atoms with Gasteiger partial charge in [0.2, 0.25) is 0 Å². The number of carboxylic acid groups (broad SMARTS) is 1. The molecule has 1 aliphatic rings. The lowest BCUT2D eigenvalue weighted by atomic mass is 9.76. The van der Waals surface area contributed by atoms with E-state index < -0.39 is 11.4 Å². The van der Waals surface area contributed by atoms with Crippen molar-refractivity contribution in [2.24, 2.45) is 12.5 Å². The molecule has 1 aliphatic heterocycles. The van der Waals surface area contributed by atoms with Gasteiger partial charge in [-0.2, -0.15) is 5.10 Å². The van der Waals surface area contributed by atoms with Crippen molar-refractivity contribution in [2.45, 2.75) is 26.2 Å². The number of piperidine rings is 1. The first-order chi connectivity index (χ1) is 9.47. The zero-order valence-corrected chi connectivity index (χ0v) is 11.8. The molecule has 7 nitrogen and oxygen atoms in total. The molecule has 2 N–H and O–H groups in total. The molecule has 0 bridgehead atoms. The molecule has 2 rings (SSSR count). The average Bonchev–Trinajstić information content (AvgIpc) is 2.84. The van der Waals surface area contributed by atoms with Gasteiger partial charge < -0.3 is 10.0 Å². The van der Waals surface area contributed by atoms with Gasteiger partial charge in [0.15, 0.2) is 5.82 Å². The summed E-state index contributed by atoms with van der Waals surface area (Å²) in [7, 11) is 1.78. The number of likely N-dealkylation sites (tertiary alicyclic amines) is 1. The minimum absolute atomic E-state index is 0.223. The largest absolute Gasteiger partial charge is 0.481 e. The Hall–Kier alpha value is -2.05. The van der Waals surface area contributed by atoms with E-state index in [-0.39, 0.29) is 6.03 Å². The molecule has 1 fully saturated rings. The first kappa shape index (κ1) is 14.4. The Kier molecular flexibility index (Phi) is 3.96. The number of rotatable bonds is 3. The third-order valence-corrected chi connectivity index (χ3v) is 4.09. The minimum atomic E-state index is -0.759. The van der Waals surface area contributed by atoms with Crippen LogP contribution in [0.5, 0.6) is 0 Å². The number of hydrogen-bond donors (Lipinski definition) is 2. The monoisotopic (exact) mass is 280 g/mol. The van der Waals surface area contributed by atoms with E-state index in [0.29, 0.717) is 38.2 Å². The lowest BCUT2D eigenvalue weighted by Gasteiger charge is -2.38. The number of carboxylic acids is 1. The van der Waals surface area contributed by atoms with Crippen LogP contribution in [-0.2, 0) is 11.8 Å². The smallest absolute Gasteiger partial charge is 0.323 e. The Morgan fingerprint density at radius 3 is 2.55 bits per heavy atom. The van der Waals surface area contributed by atoms with Crippen LogP contribution >= 0.6 is 0 Å². The molecular formula is C13H20N4O3. The fraction of sp³-hybridized carbons (Fsp3) is 0.615. The Morgan fingerprint density at radius 1 is 1.45 bits per heavy atom. The topological polar surface area (TPSA) is 87.5 Å².